The number of carbonyl (C=O) groups excluding carboxylic acids is 1. The molecule has 2 aromatic heterocycles. The van der Waals surface area contributed by atoms with Crippen LogP contribution in [0, 0.1) is 20.8 Å². The van der Waals surface area contributed by atoms with Crippen LogP contribution in [-0.4, -0.2) is 38.8 Å². The average molecular weight is 330 g/mol. The molecule has 1 fully saturated rings. The third-order valence-corrected chi connectivity index (χ3v) is 5.45. The van der Waals surface area contributed by atoms with Crippen LogP contribution in [0.2, 0.25) is 0 Å². The Hall–Kier alpha value is -1.82. The maximum Gasteiger partial charge on any atom is 0.219 e. The third kappa shape index (κ3) is 3.42. The Kier molecular flexibility index (Phi) is 4.43. The molecule has 0 radical (unpaired) electrons. The molecule has 0 saturated carbocycles. The van der Waals surface area contributed by atoms with Crippen LogP contribution in [0.5, 0.6) is 0 Å². The first-order valence-corrected chi connectivity index (χ1v) is 8.81. The lowest BCUT2D eigenvalue weighted by Gasteiger charge is -2.31. The van der Waals surface area contributed by atoms with Gasteiger partial charge in [0.15, 0.2) is 0 Å². The highest BCUT2D eigenvalue weighted by Crippen LogP contribution is 2.29. The van der Waals surface area contributed by atoms with E-state index in [1.807, 2.05) is 24.8 Å². The van der Waals surface area contributed by atoms with Crippen LogP contribution < -0.4 is 0 Å². The maximum atomic E-state index is 11.6. The van der Waals surface area contributed by atoms with E-state index < -0.39 is 0 Å². The highest BCUT2D eigenvalue weighted by Gasteiger charge is 2.25. The fourth-order valence-corrected chi connectivity index (χ4v) is 3.81. The maximum absolute atomic E-state index is 11.6. The number of amides is 1. The van der Waals surface area contributed by atoms with E-state index in [-0.39, 0.29) is 11.8 Å². The lowest BCUT2D eigenvalue weighted by Crippen LogP contribution is -2.38. The highest BCUT2D eigenvalue weighted by molar-refractivity contribution is 7.15. The van der Waals surface area contributed by atoms with Crippen molar-refractivity contribution in [3.8, 4) is 10.7 Å². The van der Waals surface area contributed by atoms with Gasteiger partial charge >= 0.3 is 0 Å². The van der Waals surface area contributed by atoms with Gasteiger partial charge in [-0.2, -0.15) is 0 Å². The molecule has 1 aliphatic heterocycles. The van der Waals surface area contributed by atoms with Crippen molar-refractivity contribution >= 4 is 17.2 Å². The topological polar surface area (TPSA) is 59.0 Å². The fraction of sp³-hybridized carbons (Fsp3) is 0.529. The van der Waals surface area contributed by atoms with Gasteiger partial charge in [0.05, 0.1) is 5.69 Å². The molecular weight excluding hydrogens is 308 g/mol. The van der Waals surface area contributed by atoms with Gasteiger partial charge < -0.3 is 4.90 Å². The smallest absolute Gasteiger partial charge is 0.219 e. The quantitative estimate of drug-likeness (QED) is 0.848. The Balaban J connectivity index is 1.92. The van der Waals surface area contributed by atoms with Crippen LogP contribution in [0.15, 0.2) is 6.07 Å². The Bertz CT molecular complexity index is 721. The number of hydrogen-bond donors (Lipinski definition) is 0. The lowest BCUT2D eigenvalue weighted by molar-refractivity contribution is -0.130. The first-order valence-electron chi connectivity index (χ1n) is 7.99. The van der Waals surface area contributed by atoms with E-state index in [9.17, 15) is 4.79 Å². The van der Waals surface area contributed by atoms with Crippen LogP contribution in [-0.2, 0) is 4.79 Å². The van der Waals surface area contributed by atoms with E-state index in [0.29, 0.717) is 6.54 Å². The molecule has 6 heteroatoms. The number of thiazole rings is 1. The van der Waals surface area contributed by atoms with Gasteiger partial charge in [-0.15, -0.1) is 11.3 Å². The predicted octanol–water partition coefficient (Wildman–Crippen LogP) is 3.25. The number of aryl methyl sites for hydroxylation is 3. The number of nitrogens with zero attached hydrogens (tertiary/aromatic N) is 4. The highest BCUT2D eigenvalue weighted by atomic mass is 32.1. The SMILES string of the molecule is CC(=O)N1CCCC(c2nc(C)cc(-c3nc(C)c(C)s3)n2)C1. The fourth-order valence-electron chi connectivity index (χ4n) is 2.94. The van der Waals surface area contributed by atoms with Crippen molar-refractivity contribution in [2.24, 2.45) is 0 Å². The van der Waals surface area contributed by atoms with E-state index in [2.05, 4.69) is 16.9 Å². The third-order valence-electron chi connectivity index (χ3n) is 4.35. The molecule has 3 rings (SSSR count). The van der Waals surface area contributed by atoms with Gasteiger partial charge in [0.2, 0.25) is 5.91 Å². The summed E-state index contributed by atoms with van der Waals surface area (Å²) in [6, 6.07) is 1.99. The molecule has 1 aliphatic rings. The molecule has 122 valence electrons. The van der Waals surface area contributed by atoms with Gasteiger partial charge in [0.1, 0.15) is 16.5 Å². The molecule has 0 N–H and O–H groups in total. The summed E-state index contributed by atoms with van der Waals surface area (Å²) < 4.78 is 0. The second-order valence-corrected chi connectivity index (χ2v) is 7.42. The Morgan fingerprint density at radius 1 is 1.26 bits per heavy atom. The van der Waals surface area contributed by atoms with Crippen molar-refractivity contribution in [1.82, 2.24) is 19.9 Å². The zero-order valence-electron chi connectivity index (χ0n) is 14.1. The van der Waals surface area contributed by atoms with Gasteiger partial charge in [-0.1, -0.05) is 0 Å². The number of rotatable bonds is 2. The number of likely N-dealkylation sites (tertiary alicyclic amines) is 1. The normalized spacial score (nSPS) is 18.3. The largest absolute Gasteiger partial charge is 0.342 e. The Labute approximate surface area is 140 Å². The first-order chi connectivity index (χ1) is 10.9. The van der Waals surface area contributed by atoms with Crippen LogP contribution in [0.1, 0.15) is 47.8 Å². The van der Waals surface area contributed by atoms with Crippen molar-refractivity contribution in [3.05, 3.63) is 28.2 Å². The Morgan fingerprint density at radius 2 is 2.04 bits per heavy atom. The van der Waals surface area contributed by atoms with Gasteiger partial charge in [-0.3, -0.25) is 4.79 Å². The molecule has 2 aromatic rings. The molecular formula is C17H22N4OS. The lowest BCUT2D eigenvalue weighted by atomic mass is 9.97. The van der Waals surface area contributed by atoms with Crippen molar-refractivity contribution < 1.29 is 4.79 Å². The molecule has 5 nitrogen and oxygen atoms in total. The monoisotopic (exact) mass is 330 g/mol. The standard InChI is InChI=1S/C17H22N4OS/c1-10-8-15(17-19-11(2)12(3)23-17)20-16(18-10)14-6-5-7-21(9-14)13(4)22/h8,14H,5-7,9H2,1-4H3. The second kappa shape index (κ2) is 6.35. The predicted molar refractivity (Wildman–Crippen MR) is 91.6 cm³/mol. The van der Waals surface area contributed by atoms with Crippen molar-refractivity contribution in [2.45, 2.75) is 46.5 Å². The van der Waals surface area contributed by atoms with Crippen LogP contribution >= 0.6 is 11.3 Å². The summed E-state index contributed by atoms with van der Waals surface area (Å²) in [5, 5.41) is 0.950. The zero-order chi connectivity index (χ0) is 16.6. The summed E-state index contributed by atoms with van der Waals surface area (Å²) in [6.07, 6.45) is 2.04. The molecule has 0 spiro atoms. The number of piperidine rings is 1. The van der Waals surface area contributed by atoms with Gasteiger partial charge in [0, 0.05) is 36.5 Å². The molecule has 0 bridgehead atoms. The molecule has 1 saturated heterocycles. The number of carbonyl (C=O) groups is 1. The molecule has 0 aliphatic carbocycles. The van der Waals surface area contributed by atoms with Crippen molar-refractivity contribution in [1.29, 1.82) is 0 Å². The summed E-state index contributed by atoms with van der Waals surface area (Å²) in [4.78, 5) is 28.8. The molecule has 1 atom stereocenters. The first kappa shape index (κ1) is 16.1. The van der Waals surface area contributed by atoms with Crippen LogP contribution in [0.3, 0.4) is 0 Å². The van der Waals surface area contributed by atoms with E-state index in [4.69, 9.17) is 4.98 Å². The van der Waals surface area contributed by atoms with E-state index >= 15 is 0 Å². The molecule has 23 heavy (non-hydrogen) atoms. The second-order valence-electron chi connectivity index (χ2n) is 6.22. The molecule has 3 heterocycles. The van der Waals surface area contributed by atoms with Gasteiger partial charge in [0.25, 0.3) is 0 Å². The van der Waals surface area contributed by atoms with Gasteiger partial charge in [-0.05, 0) is 39.7 Å². The van der Waals surface area contributed by atoms with E-state index in [0.717, 1.165) is 47.3 Å². The summed E-state index contributed by atoms with van der Waals surface area (Å²) in [7, 11) is 0. The summed E-state index contributed by atoms with van der Waals surface area (Å²) >= 11 is 1.67. The molecule has 0 aromatic carbocycles. The summed E-state index contributed by atoms with van der Waals surface area (Å²) in [5.74, 6) is 1.19. The summed E-state index contributed by atoms with van der Waals surface area (Å²) in [6.45, 7) is 9.29. The molecule has 1 unspecified atom stereocenters. The van der Waals surface area contributed by atoms with Crippen LogP contribution in [0.4, 0.5) is 0 Å². The number of hydrogen-bond acceptors (Lipinski definition) is 5. The molecule has 1 amide bonds. The van der Waals surface area contributed by atoms with E-state index in [1.165, 1.54) is 4.88 Å². The minimum Gasteiger partial charge on any atom is -0.342 e. The zero-order valence-corrected chi connectivity index (χ0v) is 14.9. The van der Waals surface area contributed by atoms with Gasteiger partial charge in [-0.25, -0.2) is 15.0 Å². The Morgan fingerprint density at radius 3 is 2.70 bits per heavy atom. The van der Waals surface area contributed by atoms with Crippen LogP contribution in [0.25, 0.3) is 10.7 Å². The minimum absolute atomic E-state index is 0.133. The van der Waals surface area contributed by atoms with E-state index in [1.54, 1.807) is 18.3 Å². The van der Waals surface area contributed by atoms with Crippen molar-refractivity contribution in [2.75, 3.05) is 13.1 Å². The summed E-state index contributed by atoms with van der Waals surface area (Å²) in [5.41, 5.74) is 2.91. The minimum atomic E-state index is 0.133. The average Bonchev–Trinajstić information content (AvgIpc) is 2.86. The van der Waals surface area contributed by atoms with Crippen molar-refractivity contribution in [3.63, 3.8) is 0 Å². The number of aromatic nitrogens is 3.